The molecule has 0 aromatic rings. The molecule has 0 saturated heterocycles. The second kappa shape index (κ2) is 5.24. The number of nitrogens with zero attached hydrogens (tertiary/aromatic N) is 1. The van der Waals surface area contributed by atoms with Crippen LogP contribution in [0.4, 0.5) is 13.2 Å². The third-order valence-electron chi connectivity index (χ3n) is 1.31. The summed E-state index contributed by atoms with van der Waals surface area (Å²) in [5.41, 5.74) is 0.651. The highest BCUT2D eigenvalue weighted by molar-refractivity contribution is 4.92. The molecule has 0 aliphatic rings. The largest absolute Gasteiger partial charge is 0.401 e. The van der Waals surface area contributed by atoms with E-state index in [-0.39, 0.29) is 19.7 Å². The van der Waals surface area contributed by atoms with Crippen LogP contribution >= 0.6 is 0 Å². The molecule has 0 amide bonds. The van der Waals surface area contributed by atoms with Crippen LogP contribution in [-0.2, 0) is 0 Å². The average molecular weight is 197 g/mol. The van der Waals surface area contributed by atoms with Crippen LogP contribution in [0.1, 0.15) is 6.92 Å². The smallest absolute Gasteiger partial charge is 0.395 e. The number of aliphatic hydroxyl groups excluding tert-OH is 1. The minimum atomic E-state index is -4.22. The maximum Gasteiger partial charge on any atom is 0.401 e. The van der Waals surface area contributed by atoms with Gasteiger partial charge in [0.15, 0.2) is 0 Å². The van der Waals surface area contributed by atoms with Gasteiger partial charge < -0.3 is 5.11 Å². The van der Waals surface area contributed by atoms with E-state index in [1.54, 1.807) is 6.92 Å². The summed E-state index contributed by atoms with van der Waals surface area (Å²) in [6.07, 6.45) is -4.22. The van der Waals surface area contributed by atoms with Crippen molar-refractivity contribution in [1.82, 2.24) is 4.90 Å². The molecule has 13 heavy (non-hydrogen) atoms. The van der Waals surface area contributed by atoms with Crippen LogP contribution in [0.3, 0.4) is 0 Å². The lowest BCUT2D eigenvalue weighted by atomic mass is 10.3. The standard InChI is InChI=1S/C8H14F3NO/c1-7(2)5-12(3-4-13)6-8(9,10)11/h13H,1,3-6H2,2H3. The Morgan fingerprint density at radius 1 is 1.46 bits per heavy atom. The molecule has 5 heteroatoms. The van der Waals surface area contributed by atoms with E-state index < -0.39 is 12.7 Å². The molecule has 0 rings (SSSR count). The number of halogens is 3. The van der Waals surface area contributed by atoms with Crippen LogP contribution in [0, 0.1) is 0 Å². The summed E-state index contributed by atoms with van der Waals surface area (Å²) in [6.45, 7) is 4.08. The summed E-state index contributed by atoms with van der Waals surface area (Å²) in [5.74, 6) is 0. The summed E-state index contributed by atoms with van der Waals surface area (Å²) in [7, 11) is 0. The van der Waals surface area contributed by atoms with E-state index in [0.717, 1.165) is 4.90 Å². The highest BCUT2D eigenvalue weighted by Crippen LogP contribution is 2.16. The Balaban J connectivity index is 4.01. The van der Waals surface area contributed by atoms with Crippen LogP contribution < -0.4 is 0 Å². The molecule has 0 saturated carbocycles. The lowest BCUT2D eigenvalue weighted by molar-refractivity contribution is -0.145. The van der Waals surface area contributed by atoms with Crippen molar-refractivity contribution in [1.29, 1.82) is 0 Å². The molecule has 0 aliphatic carbocycles. The Bertz CT molecular complexity index is 167. The lowest BCUT2D eigenvalue weighted by Crippen LogP contribution is -2.37. The SMILES string of the molecule is C=C(C)CN(CCO)CC(F)(F)F. The average Bonchev–Trinajstić information content (AvgIpc) is 1.81. The Morgan fingerprint density at radius 2 is 2.00 bits per heavy atom. The fourth-order valence-corrected chi connectivity index (χ4v) is 0.991. The Labute approximate surface area is 75.7 Å². The number of aliphatic hydroxyl groups is 1. The van der Waals surface area contributed by atoms with Crippen molar-refractivity contribution in [3.8, 4) is 0 Å². The molecule has 78 valence electrons. The first-order chi connectivity index (χ1) is 5.85. The third-order valence-corrected chi connectivity index (χ3v) is 1.31. The summed E-state index contributed by atoms with van der Waals surface area (Å²) < 4.78 is 35.8. The van der Waals surface area contributed by atoms with Crippen LogP contribution in [0.25, 0.3) is 0 Å². The molecule has 1 N–H and O–H groups in total. The zero-order chi connectivity index (χ0) is 10.5. The van der Waals surface area contributed by atoms with E-state index in [1.165, 1.54) is 0 Å². The maximum atomic E-state index is 11.9. The van der Waals surface area contributed by atoms with Crippen molar-refractivity contribution in [2.45, 2.75) is 13.1 Å². The van der Waals surface area contributed by atoms with Gasteiger partial charge >= 0.3 is 6.18 Å². The van der Waals surface area contributed by atoms with Gasteiger partial charge in [0.1, 0.15) is 0 Å². The molecule has 0 spiro atoms. The first-order valence-electron chi connectivity index (χ1n) is 3.89. The summed E-state index contributed by atoms with van der Waals surface area (Å²) in [5, 5.41) is 8.51. The minimum Gasteiger partial charge on any atom is -0.395 e. The normalized spacial score (nSPS) is 12.2. The van der Waals surface area contributed by atoms with Crippen molar-refractivity contribution in [3.05, 3.63) is 12.2 Å². The van der Waals surface area contributed by atoms with Gasteiger partial charge in [0.05, 0.1) is 13.2 Å². The molecule has 0 aromatic carbocycles. The molecular formula is C8H14F3NO. The lowest BCUT2D eigenvalue weighted by Gasteiger charge is -2.22. The number of hydrogen-bond donors (Lipinski definition) is 1. The minimum absolute atomic E-state index is 0.0202. The Morgan fingerprint density at radius 3 is 2.31 bits per heavy atom. The first-order valence-corrected chi connectivity index (χ1v) is 3.89. The summed E-state index contributed by atoms with van der Waals surface area (Å²) in [4.78, 5) is 1.11. The molecule has 0 aliphatic heterocycles. The van der Waals surface area contributed by atoms with Crippen molar-refractivity contribution in [3.63, 3.8) is 0 Å². The van der Waals surface area contributed by atoms with Crippen molar-refractivity contribution in [2.24, 2.45) is 0 Å². The van der Waals surface area contributed by atoms with Gasteiger partial charge in [-0.25, -0.2) is 0 Å². The zero-order valence-electron chi connectivity index (χ0n) is 7.56. The van der Waals surface area contributed by atoms with Gasteiger partial charge in [-0.3, -0.25) is 4.90 Å². The zero-order valence-corrected chi connectivity index (χ0v) is 7.56. The van der Waals surface area contributed by atoms with E-state index in [2.05, 4.69) is 6.58 Å². The third kappa shape index (κ3) is 7.80. The fraction of sp³-hybridized carbons (Fsp3) is 0.750. The van der Waals surface area contributed by atoms with Crippen molar-refractivity contribution >= 4 is 0 Å². The van der Waals surface area contributed by atoms with Crippen molar-refractivity contribution in [2.75, 3.05) is 26.2 Å². The van der Waals surface area contributed by atoms with Gasteiger partial charge in [-0.05, 0) is 6.92 Å². The summed E-state index contributed by atoms with van der Waals surface area (Å²) in [6, 6.07) is 0. The van der Waals surface area contributed by atoms with Crippen LogP contribution in [0.15, 0.2) is 12.2 Å². The molecule has 0 fully saturated rings. The van der Waals surface area contributed by atoms with Crippen LogP contribution in [0.5, 0.6) is 0 Å². The molecule has 0 heterocycles. The van der Waals surface area contributed by atoms with Crippen LogP contribution in [-0.4, -0.2) is 42.4 Å². The van der Waals surface area contributed by atoms with E-state index in [4.69, 9.17) is 5.11 Å². The van der Waals surface area contributed by atoms with E-state index in [9.17, 15) is 13.2 Å². The van der Waals surface area contributed by atoms with E-state index in [1.807, 2.05) is 0 Å². The predicted octanol–water partition coefficient (Wildman–Crippen LogP) is 1.42. The topological polar surface area (TPSA) is 23.5 Å². The molecule has 0 unspecified atom stereocenters. The molecule has 0 aromatic heterocycles. The monoisotopic (exact) mass is 197 g/mol. The molecule has 0 radical (unpaired) electrons. The predicted molar refractivity (Wildman–Crippen MR) is 44.4 cm³/mol. The highest BCUT2D eigenvalue weighted by atomic mass is 19.4. The number of alkyl halides is 3. The molecule has 2 nitrogen and oxygen atoms in total. The van der Waals surface area contributed by atoms with Gasteiger partial charge in [-0.2, -0.15) is 13.2 Å². The second-order valence-corrected chi connectivity index (χ2v) is 3.01. The molecular weight excluding hydrogens is 183 g/mol. The van der Waals surface area contributed by atoms with Gasteiger partial charge in [0, 0.05) is 13.1 Å². The quantitative estimate of drug-likeness (QED) is 0.674. The molecule has 0 bridgehead atoms. The number of rotatable bonds is 5. The maximum absolute atomic E-state index is 11.9. The van der Waals surface area contributed by atoms with Gasteiger partial charge in [-0.15, -0.1) is 0 Å². The van der Waals surface area contributed by atoms with Gasteiger partial charge in [0.25, 0.3) is 0 Å². The van der Waals surface area contributed by atoms with E-state index in [0.29, 0.717) is 5.57 Å². The second-order valence-electron chi connectivity index (χ2n) is 3.01. The van der Waals surface area contributed by atoms with Gasteiger partial charge in [0.2, 0.25) is 0 Å². The Kier molecular flexibility index (Phi) is 5.02. The number of hydrogen-bond acceptors (Lipinski definition) is 2. The van der Waals surface area contributed by atoms with Crippen LogP contribution in [0.2, 0.25) is 0 Å². The summed E-state index contributed by atoms with van der Waals surface area (Å²) >= 11 is 0. The fourth-order valence-electron chi connectivity index (χ4n) is 0.991. The Hall–Kier alpha value is -0.550. The van der Waals surface area contributed by atoms with Gasteiger partial charge in [-0.1, -0.05) is 12.2 Å². The molecule has 0 atom stereocenters. The van der Waals surface area contributed by atoms with E-state index >= 15 is 0 Å². The first kappa shape index (κ1) is 12.4. The van der Waals surface area contributed by atoms with Crippen molar-refractivity contribution < 1.29 is 18.3 Å². The highest BCUT2D eigenvalue weighted by Gasteiger charge is 2.30.